The Morgan fingerprint density at radius 1 is 1.07 bits per heavy atom. The normalized spacial score (nSPS) is 18.9. The average molecular weight is 575 g/mol. The summed E-state index contributed by atoms with van der Waals surface area (Å²) in [5, 5.41) is 2.77. The first-order valence-electron chi connectivity index (χ1n) is 13.7. The van der Waals surface area contributed by atoms with Gasteiger partial charge < -0.3 is 21.3 Å². The summed E-state index contributed by atoms with van der Waals surface area (Å²) >= 11 is 0. The second-order valence-electron chi connectivity index (χ2n) is 11.7. The number of carbonyl (C=O) groups is 2. The molecule has 1 atom stereocenters. The number of nitrogens with one attached hydrogen (secondary N) is 1. The molecule has 1 aromatic heterocycles. The van der Waals surface area contributed by atoms with Crippen LogP contribution in [0.3, 0.4) is 0 Å². The van der Waals surface area contributed by atoms with Crippen LogP contribution in [0.4, 0.5) is 10.6 Å². The highest BCUT2D eigenvalue weighted by Crippen LogP contribution is 2.21. The molecule has 220 valence electrons. The van der Waals surface area contributed by atoms with Crippen molar-refractivity contribution in [1.29, 1.82) is 0 Å². The van der Waals surface area contributed by atoms with Gasteiger partial charge in [-0.1, -0.05) is 26.0 Å². The van der Waals surface area contributed by atoms with Crippen LogP contribution in [0, 0.1) is 5.92 Å². The lowest BCUT2D eigenvalue weighted by atomic mass is 9.97. The third-order valence-electron chi connectivity index (χ3n) is 7.58. The summed E-state index contributed by atoms with van der Waals surface area (Å²) in [4.78, 5) is 48.6. The minimum Gasteiger partial charge on any atom is -0.337 e. The second kappa shape index (κ2) is 13.1. The Kier molecular flexibility index (Phi) is 10.3. The fraction of sp³-hybridized carbons (Fsp3) is 0.571. The number of amides is 3. The highest BCUT2D eigenvalue weighted by molar-refractivity contribution is 5.89. The number of piperidine rings is 1. The van der Waals surface area contributed by atoms with Crippen LogP contribution in [0.1, 0.15) is 46.1 Å². The van der Waals surface area contributed by atoms with Crippen molar-refractivity contribution in [2.45, 2.75) is 64.7 Å². The van der Waals surface area contributed by atoms with Crippen molar-refractivity contribution in [3.63, 3.8) is 0 Å². The van der Waals surface area contributed by atoms with E-state index in [2.05, 4.69) is 15.2 Å². The first-order chi connectivity index (χ1) is 18.4. The van der Waals surface area contributed by atoms with E-state index < -0.39 is 11.2 Å². The number of urea groups is 1. The largest absolute Gasteiger partial charge is 0.354 e. The number of halogens is 1. The highest BCUT2D eigenvalue weighted by atomic mass is 35.5. The lowest BCUT2D eigenvalue weighted by Gasteiger charge is -2.44. The molecule has 0 bridgehead atoms. The molecule has 2 aliphatic rings. The van der Waals surface area contributed by atoms with Gasteiger partial charge in [-0.15, -0.1) is 12.4 Å². The molecule has 0 aliphatic carbocycles. The third-order valence-corrected chi connectivity index (χ3v) is 7.58. The summed E-state index contributed by atoms with van der Waals surface area (Å²) in [5.41, 5.74) is 12.5. The number of aromatic nitrogens is 2. The number of carbonyl (C=O) groups excluding carboxylic acids is 2. The van der Waals surface area contributed by atoms with E-state index in [1.54, 1.807) is 35.9 Å². The van der Waals surface area contributed by atoms with Crippen LogP contribution in [0.25, 0.3) is 5.69 Å². The topological polar surface area (TPSA) is 143 Å². The van der Waals surface area contributed by atoms with Crippen LogP contribution in [-0.2, 0) is 11.3 Å². The van der Waals surface area contributed by atoms with Gasteiger partial charge >= 0.3 is 11.7 Å². The molecule has 3 heterocycles. The lowest BCUT2D eigenvalue weighted by molar-refractivity contribution is -0.138. The van der Waals surface area contributed by atoms with Gasteiger partial charge in [-0.3, -0.25) is 19.6 Å². The maximum Gasteiger partial charge on any atom is 0.354 e. The van der Waals surface area contributed by atoms with E-state index in [0.717, 1.165) is 32.5 Å². The molecule has 2 fully saturated rings. The number of nitrogens with two attached hydrogens (primary N) is 2. The summed E-state index contributed by atoms with van der Waals surface area (Å²) in [6.45, 7) is 11.4. The summed E-state index contributed by atoms with van der Waals surface area (Å²) in [5.74, 6) is 0.164. The predicted octanol–water partition coefficient (Wildman–Crippen LogP) is 2.02. The predicted molar refractivity (Wildman–Crippen MR) is 159 cm³/mol. The summed E-state index contributed by atoms with van der Waals surface area (Å²) in [7, 11) is 0. The average Bonchev–Trinajstić information content (AvgIpc) is 2.89. The Bertz CT molecular complexity index is 1220. The van der Waals surface area contributed by atoms with Crippen LogP contribution in [-0.4, -0.2) is 86.5 Å². The Labute approximate surface area is 242 Å². The van der Waals surface area contributed by atoms with Gasteiger partial charge in [-0.25, -0.2) is 9.59 Å². The van der Waals surface area contributed by atoms with Crippen LogP contribution < -0.4 is 22.5 Å². The second-order valence-corrected chi connectivity index (χ2v) is 11.7. The van der Waals surface area contributed by atoms with Crippen LogP contribution in [0.2, 0.25) is 0 Å². The molecule has 11 nitrogen and oxygen atoms in total. The number of nitrogens with zero attached hydrogens (tertiary/aromatic N) is 5. The molecule has 2 aliphatic heterocycles. The number of likely N-dealkylation sites (tertiary alicyclic amines) is 1. The van der Waals surface area contributed by atoms with Gasteiger partial charge in [0.15, 0.2) is 0 Å². The number of piperazine rings is 1. The molecule has 1 unspecified atom stereocenters. The van der Waals surface area contributed by atoms with Gasteiger partial charge in [0.25, 0.3) is 0 Å². The van der Waals surface area contributed by atoms with E-state index in [1.165, 1.54) is 10.1 Å². The van der Waals surface area contributed by atoms with Crippen molar-refractivity contribution in [2.24, 2.45) is 17.4 Å². The smallest absolute Gasteiger partial charge is 0.337 e. The molecule has 4 rings (SSSR count). The van der Waals surface area contributed by atoms with E-state index in [0.29, 0.717) is 31.4 Å². The maximum absolute atomic E-state index is 13.2. The minimum atomic E-state index is -0.970. The van der Waals surface area contributed by atoms with Crippen molar-refractivity contribution < 1.29 is 9.59 Å². The molecule has 2 aromatic rings. The zero-order chi connectivity index (χ0) is 28.3. The zero-order valence-corrected chi connectivity index (χ0v) is 24.7. The lowest BCUT2D eigenvalue weighted by Crippen LogP contribution is -2.62. The molecule has 1 aromatic carbocycles. The Hall–Kier alpha value is -2.99. The van der Waals surface area contributed by atoms with Gasteiger partial charge in [0.05, 0.1) is 17.3 Å². The van der Waals surface area contributed by atoms with Gasteiger partial charge in [0.1, 0.15) is 5.82 Å². The monoisotopic (exact) mass is 574 g/mol. The molecule has 3 amide bonds. The summed E-state index contributed by atoms with van der Waals surface area (Å²) < 4.78 is 1.45. The fourth-order valence-electron chi connectivity index (χ4n) is 5.21. The Balaban J connectivity index is 0.00000441. The van der Waals surface area contributed by atoms with Crippen LogP contribution in [0.5, 0.6) is 0 Å². The first kappa shape index (κ1) is 31.5. The molecule has 5 N–H and O–H groups in total. The van der Waals surface area contributed by atoms with Crippen molar-refractivity contribution in [3.8, 4) is 5.69 Å². The quantitative estimate of drug-likeness (QED) is 0.479. The number of hydrogen-bond acceptors (Lipinski definition) is 7. The molecule has 0 spiro atoms. The number of benzene rings is 1. The van der Waals surface area contributed by atoms with E-state index in [4.69, 9.17) is 11.5 Å². The van der Waals surface area contributed by atoms with Gasteiger partial charge in [-0.05, 0) is 69.5 Å². The van der Waals surface area contributed by atoms with Crippen molar-refractivity contribution in [1.82, 2.24) is 24.3 Å². The van der Waals surface area contributed by atoms with E-state index in [-0.39, 0.29) is 42.1 Å². The third kappa shape index (κ3) is 7.60. The Morgan fingerprint density at radius 3 is 2.30 bits per heavy atom. The van der Waals surface area contributed by atoms with Gasteiger partial charge in [-0.2, -0.15) is 4.98 Å². The van der Waals surface area contributed by atoms with Gasteiger partial charge in [0, 0.05) is 38.4 Å². The van der Waals surface area contributed by atoms with Crippen LogP contribution >= 0.6 is 12.4 Å². The Morgan fingerprint density at radius 2 is 1.73 bits per heavy atom. The highest BCUT2D eigenvalue weighted by Gasteiger charge is 2.37. The van der Waals surface area contributed by atoms with Crippen molar-refractivity contribution in [2.75, 3.05) is 38.0 Å². The summed E-state index contributed by atoms with van der Waals surface area (Å²) in [6, 6.07) is 9.24. The van der Waals surface area contributed by atoms with E-state index in [9.17, 15) is 14.4 Å². The standard InChI is InChI=1S/C28H42N8O3.ClH/c1-19(2)23-18-34(25(37)28(3,4)30)15-16-36(23)27(39)32-24-11-14-35(26(38)31-24)22-7-5-20(6-8-22)17-33-12-9-21(29)10-13-33;/h5-8,11,14,19,21,23H,9-10,12-13,15-18,29-30H2,1-4H3,(H,31,32,38,39);1H. The molecular formula is C28H43ClN8O3. The molecular weight excluding hydrogens is 532 g/mol. The molecule has 40 heavy (non-hydrogen) atoms. The summed E-state index contributed by atoms with van der Waals surface area (Å²) in [6.07, 6.45) is 3.65. The van der Waals surface area contributed by atoms with E-state index in [1.807, 2.05) is 38.1 Å². The molecule has 0 saturated carbocycles. The molecule has 12 heteroatoms. The molecule has 2 saturated heterocycles. The fourth-order valence-corrected chi connectivity index (χ4v) is 5.21. The molecule has 0 radical (unpaired) electrons. The van der Waals surface area contributed by atoms with Crippen molar-refractivity contribution in [3.05, 3.63) is 52.6 Å². The maximum atomic E-state index is 13.2. The SMILES string of the molecule is CC(C)C1CN(C(=O)C(C)(C)N)CCN1C(=O)Nc1ccn(-c2ccc(CN3CCC(N)CC3)cc2)c(=O)n1.Cl. The number of anilines is 1. The first-order valence-corrected chi connectivity index (χ1v) is 13.7. The van der Waals surface area contributed by atoms with E-state index >= 15 is 0 Å². The van der Waals surface area contributed by atoms with Crippen LogP contribution in [0.15, 0.2) is 41.3 Å². The number of rotatable bonds is 6. The minimum absolute atomic E-state index is 0. The van der Waals surface area contributed by atoms with Crippen molar-refractivity contribution >= 4 is 30.2 Å². The zero-order valence-electron chi connectivity index (χ0n) is 23.9. The number of hydrogen-bond donors (Lipinski definition) is 3. The van der Waals surface area contributed by atoms with Gasteiger partial charge in [0.2, 0.25) is 5.91 Å².